The summed E-state index contributed by atoms with van der Waals surface area (Å²) in [5.41, 5.74) is 1.81. The number of rotatable bonds is 5. The molecule has 10 heteroatoms. The number of furan rings is 2. The third-order valence-electron chi connectivity index (χ3n) is 6.36. The first kappa shape index (κ1) is 21.7. The normalized spacial score (nSPS) is 27.4. The first-order valence-corrected chi connectivity index (χ1v) is 12.8. The summed E-state index contributed by atoms with van der Waals surface area (Å²) in [5, 5.41) is 6.00. The van der Waals surface area contributed by atoms with Gasteiger partial charge in [0, 0.05) is 5.92 Å². The van der Waals surface area contributed by atoms with Crippen molar-refractivity contribution in [2.45, 2.75) is 31.7 Å². The van der Waals surface area contributed by atoms with Gasteiger partial charge in [-0.2, -0.15) is 5.10 Å². The van der Waals surface area contributed by atoms with Crippen LogP contribution in [0, 0.1) is 11.8 Å². The van der Waals surface area contributed by atoms with Crippen LogP contribution in [0.3, 0.4) is 0 Å². The number of hydrogen-bond acceptors (Lipinski definition) is 8. The van der Waals surface area contributed by atoms with E-state index in [-0.39, 0.29) is 23.8 Å². The van der Waals surface area contributed by atoms with E-state index in [0.29, 0.717) is 11.5 Å². The van der Waals surface area contributed by atoms with Crippen molar-refractivity contribution in [3.05, 3.63) is 53.9 Å². The summed E-state index contributed by atoms with van der Waals surface area (Å²) in [6, 6.07) is 6.81. The Hall–Kier alpha value is -3.14. The molecule has 1 amide bonds. The van der Waals surface area contributed by atoms with E-state index in [1.807, 2.05) is 24.3 Å². The molecule has 3 unspecified atom stereocenters. The Kier molecular flexibility index (Phi) is 5.69. The largest absolute Gasteiger partial charge is 0.467 e. The topological polar surface area (TPSA) is 119 Å². The fourth-order valence-corrected chi connectivity index (χ4v) is 6.51. The lowest BCUT2D eigenvalue weighted by Crippen LogP contribution is -2.35. The molecule has 4 heterocycles. The Morgan fingerprint density at radius 2 is 2.00 bits per heavy atom. The van der Waals surface area contributed by atoms with Crippen molar-refractivity contribution in [2.24, 2.45) is 16.9 Å². The Labute approximate surface area is 191 Å². The summed E-state index contributed by atoms with van der Waals surface area (Å²) in [5.74, 6) is -0.860. The molecule has 1 saturated carbocycles. The smallest absolute Gasteiger partial charge is 0.310 e. The van der Waals surface area contributed by atoms with Crippen LogP contribution in [0.25, 0.3) is 6.08 Å². The number of ether oxygens (including phenoxy) is 1. The number of nitrogens with zero attached hydrogens (tertiary/aromatic N) is 2. The molecule has 1 aliphatic carbocycles. The fourth-order valence-electron chi connectivity index (χ4n) is 4.79. The average Bonchev–Trinajstić information content (AvgIpc) is 3.57. The number of carbonyl (C=O) groups excluding carboxylic acids is 2. The molecular weight excluding hydrogens is 448 g/mol. The highest BCUT2D eigenvalue weighted by molar-refractivity contribution is 7.91. The second-order valence-electron chi connectivity index (χ2n) is 8.58. The maximum absolute atomic E-state index is 13.1. The molecule has 5 rings (SSSR count). The number of fused-ring (bicyclic) bond motifs is 1. The zero-order valence-corrected chi connectivity index (χ0v) is 18.7. The maximum atomic E-state index is 13.1. The van der Waals surface area contributed by atoms with Crippen LogP contribution in [0.4, 0.5) is 0 Å². The van der Waals surface area contributed by atoms with Crippen LogP contribution in [-0.4, -0.2) is 49.1 Å². The van der Waals surface area contributed by atoms with Gasteiger partial charge < -0.3 is 13.6 Å². The van der Waals surface area contributed by atoms with Crippen LogP contribution in [0.5, 0.6) is 0 Å². The van der Waals surface area contributed by atoms with Crippen LogP contribution in [0.15, 0.2) is 56.3 Å². The van der Waals surface area contributed by atoms with Gasteiger partial charge in [-0.3, -0.25) is 9.59 Å². The van der Waals surface area contributed by atoms with Crippen LogP contribution in [-0.2, 0) is 24.2 Å². The van der Waals surface area contributed by atoms with E-state index in [2.05, 4.69) is 5.10 Å². The second-order valence-corrected chi connectivity index (χ2v) is 10.8. The highest BCUT2D eigenvalue weighted by Crippen LogP contribution is 2.44. The molecule has 2 aromatic rings. The minimum atomic E-state index is -3.22. The number of sulfone groups is 1. The lowest BCUT2D eigenvalue weighted by molar-refractivity contribution is -0.155. The second kappa shape index (κ2) is 8.66. The summed E-state index contributed by atoms with van der Waals surface area (Å²) in [7, 11) is -3.22. The van der Waals surface area contributed by atoms with Gasteiger partial charge in [0.15, 0.2) is 16.4 Å². The number of amides is 1. The molecule has 2 aliphatic heterocycles. The zero-order valence-electron chi connectivity index (χ0n) is 17.9. The van der Waals surface area contributed by atoms with E-state index in [1.165, 1.54) is 5.01 Å². The molecule has 0 spiro atoms. The van der Waals surface area contributed by atoms with Gasteiger partial charge in [-0.15, -0.1) is 0 Å². The van der Waals surface area contributed by atoms with Crippen molar-refractivity contribution in [3.8, 4) is 0 Å². The molecule has 0 radical (unpaired) electrons. The van der Waals surface area contributed by atoms with Crippen molar-refractivity contribution < 1.29 is 31.6 Å². The molecule has 0 bridgehead atoms. The minimum Gasteiger partial charge on any atom is -0.467 e. The molecule has 2 aromatic heterocycles. The van der Waals surface area contributed by atoms with Gasteiger partial charge in [0.25, 0.3) is 5.91 Å². The molecule has 9 nitrogen and oxygen atoms in total. The fraction of sp³-hybridized carbons (Fsp3) is 0.435. The number of carbonyl (C=O) groups is 2. The van der Waals surface area contributed by atoms with E-state index in [0.717, 1.165) is 30.5 Å². The first-order valence-electron chi connectivity index (χ1n) is 11.0. The van der Waals surface area contributed by atoms with Gasteiger partial charge in [-0.1, -0.05) is 0 Å². The molecule has 0 N–H and O–H groups in total. The van der Waals surface area contributed by atoms with E-state index >= 15 is 0 Å². The van der Waals surface area contributed by atoms with Crippen molar-refractivity contribution in [1.29, 1.82) is 0 Å². The summed E-state index contributed by atoms with van der Waals surface area (Å²) >= 11 is 0. The average molecular weight is 473 g/mol. The van der Waals surface area contributed by atoms with E-state index < -0.39 is 40.3 Å². The van der Waals surface area contributed by atoms with Gasteiger partial charge in [-0.25, -0.2) is 13.4 Å². The number of hydrogen-bond donors (Lipinski definition) is 0. The standard InChI is InChI=1S/C23H24N2O7S/c26-20(13-32-23(27)16-8-11-33(28,29)14-16)25-22(19-7-3-10-31-19)18-6-1-4-15(21(18)24-25)12-17-5-2-9-30-17/h2-3,5,7,9-10,12,16,18,22H,1,4,6,8,11,13-14H2/b15-12-. The van der Waals surface area contributed by atoms with Crippen molar-refractivity contribution in [3.63, 3.8) is 0 Å². The molecule has 0 aromatic carbocycles. The van der Waals surface area contributed by atoms with Crippen LogP contribution in [0.2, 0.25) is 0 Å². The van der Waals surface area contributed by atoms with Crippen molar-refractivity contribution in [2.75, 3.05) is 18.1 Å². The zero-order chi connectivity index (χ0) is 23.0. The van der Waals surface area contributed by atoms with Crippen LogP contribution < -0.4 is 0 Å². The Morgan fingerprint density at radius 3 is 2.70 bits per heavy atom. The van der Waals surface area contributed by atoms with E-state index in [1.54, 1.807) is 18.6 Å². The highest BCUT2D eigenvalue weighted by atomic mass is 32.2. The summed E-state index contributed by atoms with van der Waals surface area (Å²) in [4.78, 5) is 25.4. The quantitative estimate of drug-likeness (QED) is 0.614. The summed E-state index contributed by atoms with van der Waals surface area (Å²) in [6.45, 7) is -0.507. The highest BCUT2D eigenvalue weighted by Gasteiger charge is 2.45. The van der Waals surface area contributed by atoms with E-state index in [4.69, 9.17) is 13.6 Å². The predicted octanol–water partition coefficient (Wildman–Crippen LogP) is 2.97. The lowest BCUT2D eigenvalue weighted by atomic mass is 9.79. The molecule has 174 valence electrons. The van der Waals surface area contributed by atoms with Crippen molar-refractivity contribution >= 4 is 33.5 Å². The first-order chi connectivity index (χ1) is 15.9. The number of esters is 1. The van der Waals surface area contributed by atoms with Gasteiger partial charge in [0.2, 0.25) is 0 Å². The maximum Gasteiger partial charge on any atom is 0.310 e. The molecular formula is C23H24N2O7S. The van der Waals surface area contributed by atoms with Gasteiger partial charge in [0.05, 0.1) is 35.7 Å². The summed E-state index contributed by atoms with van der Waals surface area (Å²) < 4.78 is 39.6. The van der Waals surface area contributed by atoms with Crippen molar-refractivity contribution in [1.82, 2.24) is 5.01 Å². The van der Waals surface area contributed by atoms with Gasteiger partial charge in [-0.05, 0) is 61.6 Å². The Morgan fingerprint density at radius 1 is 1.18 bits per heavy atom. The molecule has 2 fully saturated rings. The van der Waals surface area contributed by atoms with Gasteiger partial charge >= 0.3 is 5.97 Å². The molecule has 33 heavy (non-hydrogen) atoms. The SMILES string of the molecule is O=C(OCC(=O)N1N=C2/C(=C\c3ccco3)CCCC2C1c1ccco1)C1CCS(=O)(=O)C1. The van der Waals surface area contributed by atoms with E-state index in [9.17, 15) is 18.0 Å². The molecule has 3 atom stereocenters. The third kappa shape index (κ3) is 4.39. The van der Waals surface area contributed by atoms with Crippen LogP contribution >= 0.6 is 0 Å². The summed E-state index contributed by atoms with van der Waals surface area (Å²) in [6.07, 6.45) is 7.91. The lowest BCUT2D eigenvalue weighted by Gasteiger charge is -2.27. The number of allylic oxidation sites excluding steroid dienone is 1. The number of hydrazone groups is 1. The monoisotopic (exact) mass is 472 g/mol. The Balaban J connectivity index is 1.36. The minimum absolute atomic E-state index is 0.0342. The van der Waals surface area contributed by atoms with Crippen LogP contribution in [0.1, 0.15) is 43.2 Å². The predicted molar refractivity (Wildman–Crippen MR) is 117 cm³/mol. The third-order valence-corrected chi connectivity index (χ3v) is 8.12. The Bertz CT molecular complexity index is 1200. The molecule has 3 aliphatic rings. The molecule has 1 saturated heterocycles. The van der Waals surface area contributed by atoms with Gasteiger partial charge in [0.1, 0.15) is 17.6 Å².